The summed E-state index contributed by atoms with van der Waals surface area (Å²) in [7, 11) is 0. The smallest absolute Gasteiger partial charge is 0.306 e. The van der Waals surface area contributed by atoms with Crippen LogP contribution >= 0.6 is 0 Å². The van der Waals surface area contributed by atoms with Crippen molar-refractivity contribution in [2.75, 3.05) is 6.61 Å². The minimum absolute atomic E-state index is 0.101. The van der Waals surface area contributed by atoms with Crippen LogP contribution in [-0.2, 0) is 9.53 Å². The van der Waals surface area contributed by atoms with E-state index in [1.54, 1.807) is 6.08 Å². The monoisotopic (exact) mass is 170 g/mol. The van der Waals surface area contributed by atoms with Crippen LogP contribution in [0.2, 0.25) is 0 Å². The van der Waals surface area contributed by atoms with Crippen LogP contribution in [0.3, 0.4) is 0 Å². The molecule has 1 fully saturated rings. The maximum absolute atomic E-state index is 10.9. The molecule has 2 atom stereocenters. The van der Waals surface area contributed by atoms with Crippen LogP contribution in [0, 0.1) is 5.41 Å². The third-order valence-electron chi connectivity index (χ3n) is 2.38. The van der Waals surface area contributed by atoms with Crippen LogP contribution in [0.15, 0.2) is 12.7 Å². The lowest BCUT2D eigenvalue weighted by molar-refractivity contribution is -0.143. The summed E-state index contributed by atoms with van der Waals surface area (Å²) in [6, 6.07) is 0. The van der Waals surface area contributed by atoms with Gasteiger partial charge in [0, 0.05) is 5.41 Å². The lowest BCUT2D eigenvalue weighted by Crippen LogP contribution is -2.30. The van der Waals surface area contributed by atoms with E-state index >= 15 is 0 Å². The van der Waals surface area contributed by atoms with Crippen molar-refractivity contribution in [3.05, 3.63) is 12.7 Å². The van der Waals surface area contributed by atoms with Gasteiger partial charge in [0.05, 0.1) is 13.0 Å². The number of rotatable bonds is 3. The summed E-state index contributed by atoms with van der Waals surface area (Å²) in [6.45, 7) is 5.44. The molecule has 0 aromatic heterocycles. The Labute approximate surface area is 72.0 Å². The average Bonchev–Trinajstić information content (AvgIpc) is 2.26. The van der Waals surface area contributed by atoms with Crippen molar-refractivity contribution in [1.82, 2.24) is 0 Å². The molecule has 1 aliphatic rings. The summed E-state index contributed by atoms with van der Waals surface area (Å²) in [5.41, 5.74) is -0.256. The van der Waals surface area contributed by atoms with E-state index in [4.69, 9.17) is 9.84 Å². The van der Waals surface area contributed by atoms with E-state index in [1.165, 1.54) is 0 Å². The van der Waals surface area contributed by atoms with E-state index in [0.717, 1.165) is 0 Å². The van der Waals surface area contributed by atoms with E-state index in [2.05, 4.69) is 6.58 Å². The maximum Gasteiger partial charge on any atom is 0.306 e. The largest absolute Gasteiger partial charge is 0.459 e. The minimum Gasteiger partial charge on any atom is -0.459 e. The van der Waals surface area contributed by atoms with Gasteiger partial charge in [0.2, 0.25) is 0 Å². The van der Waals surface area contributed by atoms with Crippen LogP contribution in [0.1, 0.15) is 19.8 Å². The first-order valence-corrected chi connectivity index (χ1v) is 4.03. The number of hydrogen-bond acceptors (Lipinski definition) is 3. The van der Waals surface area contributed by atoms with E-state index in [0.29, 0.717) is 12.8 Å². The maximum atomic E-state index is 10.9. The number of carbonyl (C=O) groups is 1. The summed E-state index contributed by atoms with van der Waals surface area (Å²) in [6.07, 6.45) is 2.47. The molecule has 3 nitrogen and oxygen atoms in total. The molecule has 0 spiro atoms. The van der Waals surface area contributed by atoms with Gasteiger partial charge in [-0.25, -0.2) is 0 Å². The number of aliphatic hydroxyl groups excluding tert-OH is 1. The van der Waals surface area contributed by atoms with E-state index in [-0.39, 0.29) is 24.1 Å². The molecule has 1 aliphatic heterocycles. The zero-order valence-electron chi connectivity index (χ0n) is 7.25. The molecule has 0 aromatic rings. The highest BCUT2D eigenvalue weighted by molar-refractivity contribution is 5.73. The highest BCUT2D eigenvalue weighted by Gasteiger charge is 2.43. The molecule has 68 valence electrons. The van der Waals surface area contributed by atoms with Crippen LogP contribution in [0.25, 0.3) is 0 Å². The van der Waals surface area contributed by atoms with Crippen molar-refractivity contribution in [2.45, 2.75) is 25.9 Å². The number of ether oxygens (including phenoxy) is 1. The van der Waals surface area contributed by atoms with Crippen molar-refractivity contribution in [1.29, 1.82) is 0 Å². The zero-order valence-corrected chi connectivity index (χ0v) is 7.25. The van der Waals surface area contributed by atoms with Crippen molar-refractivity contribution in [2.24, 2.45) is 5.41 Å². The van der Waals surface area contributed by atoms with Crippen molar-refractivity contribution in [3.63, 3.8) is 0 Å². The van der Waals surface area contributed by atoms with Crippen LogP contribution < -0.4 is 0 Å². The number of hydrogen-bond donors (Lipinski definition) is 1. The highest BCUT2D eigenvalue weighted by Crippen LogP contribution is 2.38. The third kappa shape index (κ3) is 1.50. The Balaban J connectivity index is 2.72. The quantitative estimate of drug-likeness (QED) is 0.505. The van der Waals surface area contributed by atoms with E-state index in [1.807, 2.05) is 6.92 Å². The van der Waals surface area contributed by atoms with Crippen molar-refractivity contribution < 1.29 is 14.6 Å². The lowest BCUT2D eigenvalue weighted by atomic mass is 9.80. The Kier molecular flexibility index (Phi) is 2.52. The molecule has 1 heterocycles. The van der Waals surface area contributed by atoms with Gasteiger partial charge in [-0.3, -0.25) is 4.79 Å². The van der Waals surface area contributed by atoms with Crippen LogP contribution in [0.5, 0.6) is 0 Å². The topological polar surface area (TPSA) is 46.5 Å². The van der Waals surface area contributed by atoms with Gasteiger partial charge in [-0.05, 0) is 6.42 Å². The molecule has 0 aliphatic carbocycles. The molecular formula is C9H14O3. The number of aliphatic hydroxyl groups is 1. The first-order chi connectivity index (χ1) is 5.62. The van der Waals surface area contributed by atoms with Gasteiger partial charge in [0.1, 0.15) is 6.10 Å². The standard InChI is InChI=1S/C9H14O3/c1-3-4-9(2)5-8(11)12-7(9)6-10/h3,7,10H,1,4-6H2,2H3/t7-,9+/m1/s1. The number of cyclic esters (lactones) is 1. The van der Waals surface area contributed by atoms with E-state index in [9.17, 15) is 4.79 Å². The second-order valence-electron chi connectivity index (χ2n) is 3.48. The Morgan fingerprint density at radius 1 is 1.92 bits per heavy atom. The van der Waals surface area contributed by atoms with Gasteiger partial charge in [-0.15, -0.1) is 6.58 Å². The van der Waals surface area contributed by atoms with Gasteiger partial charge in [0.15, 0.2) is 0 Å². The molecular weight excluding hydrogens is 156 g/mol. The van der Waals surface area contributed by atoms with Crippen LogP contribution in [-0.4, -0.2) is 23.8 Å². The fourth-order valence-corrected chi connectivity index (χ4v) is 1.58. The van der Waals surface area contributed by atoms with E-state index < -0.39 is 0 Å². The normalized spacial score (nSPS) is 34.8. The molecule has 1 saturated heterocycles. The SMILES string of the molecule is C=CC[C@@]1(C)CC(=O)O[C@@H]1CO. The highest BCUT2D eigenvalue weighted by atomic mass is 16.6. The predicted molar refractivity (Wildman–Crippen MR) is 44.5 cm³/mol. The molecule has 0 aromatic carbocycles. The Hall–Kier alpha value is -0.830. The molecule has 1 rings (SSSR count). The van der Waals surface area contributed by atoms with Crippen molar-refractivity contribution >= 4 is 5.97 Å². The first kappa shape index (κ1) is 9.26. The van der Waals surface area contributed by atoms with Gasteiger partial charge < -0.3 is 9.84 Å². The summed E-state index contributed by atoms with van der Waals surface area (Å²) in [4.78, 5) is 10.9. The molecule has 1 N–H and O–H groups in total. The molecule has 0 amide bonds. The predicted octanol–water partition coefficient (Wildman–Crippen LogP) is 0.877. The number of allylic oxidation sites excluding steroid dienone is 1. The Morgan fingerprint density at radius 2 is 2.58 bits per heavy atom. The second-order valence-corrected chi connectivity index (χ2v) is 3.48. The number of esters is 1. The zero-order chi connectivity index (χ0) is 9.19. The first-order valence-electron chi connectivity index (χ1n) is 4.03. The molecule has 0 saturated carbocycles. The molecule has 12 heavy (non-hydrogen) atoms. The second kappa shape index (κ2) is 3.27. The minimum atomic E-state index is -0.358. The van der Waals surface area contributed by atoms with Gasteiger partial charge in [-0.2, -0.15) is 0 Å². The summed E-state index contributed by atoms with van der Waals surface area (Å²) >= 11 is 0. The molecule has 0 radical (unpaired) electrons. The average molecular weight is 170 g/mol. The van der Waals surface area contributed by atoms with Gasteiger partial charge in [-0.1, -0.05) is 13.0 Å². The van der Waals surface area contributed by atoms with Crippen molar-refractivity contribution in [3.8, 4) is 0 Å². The number of carbonyl (C=O) groups excluding carboxylic acids is 1. The summed E-state index contributed by atoms with van der Waals surface area (Å²) in [5, 5.41) is 8.93. The summed E-state index contributed by atoms with van der Waals surface area (Å²) < 4.78 is 4.94. The third-order valence-corrected chi connectivity index (χ3v) is 2.38. The van der Waals surface area contributed by atoms with Gasteiger partial charge in [0.25, 0.3) is 0 Å². The molecule has 0 bridgehead atoms. The lowest BCUT2D eigenvalue weighted by Gasteiger charge is -2.25. The molecule has 3 heteroatoms. The Morgan fingerprint density at radius 3 is 3.08 bits per heavy atom. The van der Waals surface area contributed by atoms with Gasteiger partial charge >= 0.3 is 5.97 Å². The fraction of sp³-hybridized carbons (Fsp3) is 0.667. The molecule has 0 unspecified atom stereocenters. The Bertz CT molecular complexity index is 200. The summed E-state index contributed by atoms with van der Waals surface area (Å²) in [5.74, 6) is -0.224. The fourth-order valence-electron chi connectivity index (χ4n) is 1.58. The van der Waals surface area contributed by atoms with Crippen LogP contribution in [0.4, 0.5) is 0 Å².